The molecule has 1 heterocycles. The summed E-state index contributed by atoms with van der Waals surface area (Å²) in [5, 5.41) is 0. The fourth-order valence-corrected chi connectivity index (χ4v) is 1.88. The number of ether oxygens (including phenoxy) is 2. The molecule has 0 aromatic carbocycles. The molecule has 0 aliphatic rings. The highest BCUT2D eigenvalue weighted by Crippen LogP contribution is 2.33. The number of hydrogen-bond donors (Lipinski definition) is 0. The molecule has 5 heteroatoms. The number of halogens is 1. The first-order valence-electron chi connectivity index (χ1n) is 3.63. The number of carbonyl (C=O) groups is 1. The van der Waals surface area contributed by atoms with Crippen LogP contribution in [0.3, 0.4) is 0 Å². The highest BCUT2D eigenvalue weighted by molar-refractivity contribution is 7.18. The summed E-state index contributed by atoms with van der Waals surface area (Å²) >= 11 is 6.82. The minimum absolute atomic E-state index is 0.0943. The number of hydrogen-bond acceptors (Lipinski definition) is 4. The molecule has 3 nitrogen and oxygen atoms in total. The van der Waals surface area contributed by atoms with E-state index < -0.39 is 5.97 Å². The summed E-state index contributed by atoms with van der Waals surface area (Å²) in [5.74, 6) is 2.18. The second-order valence-electron chi connectivity index (χ2n) is 2.23. The van der Waals surface area contributed by atoms with Crippen LogP contribution in [0.2, 0.25) is 4.34 Å². The maximum Gasteiger partial charge on any atom is 0.351 e. The molecule has 1 aromatic rings. The quantitative estimate of drug-likeness (QED) is 0.590. The van der Waals surface area contributed by atoms with Crippen molar-refractivity contribution in [3.63, 3.8) is 0 Å². The van der Waals surface area contributed by atoms with Gasteiger partial charge in [-0.15, -0.1) is 17.8 Å². The van der Waals surface area contributed by atoms with Crippen LogP contribution in [0.25, 0.3) is 0 Å². The molecule has 1 rings (SSSR count). The first kappa shape index (κ1) is 10.9. The van der Waals surface area contributed by atoms with Crippen LogP contribution >= 0.6 is 22.9 Å². The smallest absolute Gasteiger partial charge is 0.351 e. The second kappa shape index (κ2) is 4.89. The van der Waals surface area contributed by atoms with Gasteiger partial charge in [0.15, 0.2) is 4.88 Å². The summed E-state index contributed by atoms with van der Waals surface area (Å²) in [4.78, 5) is 11.5. The van der Waals surface area contributed by atoms with Crippen LogP contribution in [0, 0.1) is 12.3 Å². The molecule has 0 amide bonds. The van der Waals surface area contributed by atoms with Crippen molar-refractivity contribution in [1.29, 1.82) is 0 Å². The van der Waals surface area contributed by atoms with Crippen LogP contribution in [0.4, 0.5) is 0 Å². The predicted molar refractivity (Wildman–Crippen MR) is 55.0 cm³/mol. The average molecular weight is 231 g/mol. The van der Waals surface area contributed by atoms with Crippen LogP contribution in [-0.2, 0) is 4.74 Å². The molecule has 0 spiro atoms. The Kier molecular flexibility index (Phi) is 3.81. The van der Waals surface area contributed by atoms with Gasteiger partial charge in [0.1, 0.15) is 12.4 Å². The number of terminal acetylenes is 1. The second-order valence-corrected chi connectivity index (χ2v) is 3.91. The van der Waals surface area contributed by atoms with E-state index in [2.05, 4.69) is 10.7 Å². The molecule has 0 fully saturated rings. The maximum absolute atomic E-state index is 11.2. The van der Waals surface area contributed by atoms with Gasteiger partial charge in [0, 0.05) is 6.07 Å². The molecular weight excluding hydrogens is 224 g/mol. The minimum Gasteiger partial charge on any atom is -0.479 e. The normalized spacial score (nSPS) is 9.21. The van der Waals surface area contributed by atoms with Crippen molar-refractivity contribution in [3.05, 3.63) is 15.3 Å². The number of methoxy groups -OCH3 is 1. The molecule has 74 valence electrons. The lowest BCUT2D eigenvalue weighted by Crippen LogP contribution is -2.02. The third-order valence-corrected chi connectivity index (χ3v) is 2.58. The molecule has 0 aliphatic heterocycles. The molecule has 0 saturated carbocycles. The Hall–Kier alpha value is -1.18. The Bertz CT molecular complexity index is 378. The zero-order valence-electron chi connectivity index (χ0n) is 7.37. The monoisotopic (exact) mass is 230 g/mol. The van der Waals surface area contributed by atoms with E-state index in [0.717, 1.165) is 11.3 Å². The summed E-state index contributed by atoms with van der Waals surface area (Å²) in [6, 6.07) is 1.54. The summed E-state index contributed by atoms with van der Waals surface area (Å²) < 4.78 is 10.1. The van der Waals surface area contributed by atoms with Gasteiger partial charge in [0.25, 0.3) is 0 Å². The van der Waals surface area contributed by atoms with Crippen LogP contribution in [0.1, 0.15) is 9.67 Å². The molecule has 0 radical (unpaired) electrons. The van der Waals surface area contributed by atoms with Crippen molar-refractivity contribution in [3.8, 4) is 18.1 Å². The molecule has 1 aromatic heterocycles. The van der Waals surface area contributed by atoms with Gasteiger partial charge in [-0.05, 0) is 0 Å². The third-order valence-electron chi connectivity index (χ3n) is 1.35. The van der Waals surface area contributed by atoms with E-state index in [1.165, 1.54) is 13.2 Å². The molecule has 14 heavy (non-hydrogen) atoms. The van der Waals surface area contributed by atoms with Crippen molar-refractivity contribution in [1.82, 2.24) is 0 Å². The van der Waals surface area contributed by atoms with Gasteiger partial charge in [-0.25, -0.2) is 4.79 Å². The van der Waals surface area contributed by atoms with Gasteiger partial charge >= 0.3 is 5.97 Å². The van der Waals surface area contributed by atoms with Gasteiger partial charge in [-0.3, -0.25) is 0 Å². The third kappa shape index (κ3) is 2.41. The first-order valence-corrected chi connectivity index (χ1v) is 4.82. The maximum atomic E-state index is 11.2. The van der Waals surface area contributed by atoms with Crippen molar-refractivity contribution >= 4 is 28.9 Å². The molecule has 0 N–H and O–H groups in total. The Morgan fingerprint density at radius 2 is 2.50 bits per heavy atom. The average Bonchev–Trinajstić information content (AvgIpc) is 2.55. The number of thiophene rings is 1. The van der Waals surface area contributed by atoms with E-state index in [0.29, 0.717) is 15.0 Å². The van der Waals surface area contributed by atoms with E-state index in [9.17, 15) is 4.79 Å². The van der Waals surface area contributed by atoms with Crippen LogP contribution in [0.15, 0.2) is 6.07 Å². The highest BCUT2D eigenvalue weighted by atomic mass is 35.5. The van der Waals surface area contributed by atoms with Gasteiger partial charge in [0.2, 0.25) is 0 Å². The molecule has 0 saturated heterocycles. The summed E-state index contributed by atoms with van der Waals surface area (Å²) in [7, 11) is 1.29. The van der Waals surface area contributed by atoms with Gasteiger partial charge < -0.3 is 9.47 Å². The SMILES string of the molecule is C#CCOc1cc(Cl)sc1C(=O)OC. The van der Waals surface area contributed by atoms with Crippen LogP contribution < -0.4 is 4.74 Å². The van der Waals surface area contributed by atoms with Gasteiger partial charge in [-0.2, -0.15) is 0 Å². The van der Waals surface area contributed by atoms with Crippen molar-refractivity contribution in [2.45, 2.75) is 0 Å². The van der Waals surface area contributed by atoms with Gasteiger partial charge in [0.05, 0.1) is 11.4 Å². The summed E-state index contributed by atoms with van der Waals surface area (Å²) in [6.07, 6.45) is 5.02. The van der Waals surface area contributed by atoms with Crippen LogP contribution in [0.5, 0.6) is 5.75 Å². The number of carbonyl (C=O) groups excluding carboxylic acids is 1. The van der Waals surface area contributed by atoms with Crippen molar-refractivity contribution in [2.75, 3.05) is 13.7 Å². The fourth-order valence-electron chi connectivity index (χ4n) is 0.807. The lowest BCUT2D eigenvalue weighted by Gasteiger charge is -2.01. The topological polar surface area (TPSA) is 35.5 Å². The van der Waals surface area contributed by atoms with Crippen molar-refractivity contribution in [2.24, 2.45) is 0 Å². The Balaban J connectivity index is 2.92. The van der Waals surface area contributed by atoms with E-state index in [-0.39, 0.29) is 6.61 Å². The van der Waals surface area contributed by atoms with Crippen molar-refractivity contribution < 1.29 is 14.3 Å². The first-order chi connectivity index (χ1) is 6.69. The van der Waals surface area contributed by atoms with E-state index in [4.69, 9.17) is 22.8 Å². The fraction of sp³-hybridized carbons (Fsp3) is 0.222. The molecule has 0 atom stereocenters. The van der Waals surface area contributed by atoms with Crippen LogP contribution in [-0.4, -0.2) is 19.7 Å². The van der Waals surface area contributed by atoms with E-state index in [1.54, 1.807) is 0 Å². The van der Waals surface area contributed by atoms with E-state index in [1.807, 2.05) is 0 Å². The van der Waals surface area contributed by atoms with E-state index >= 15 is 0 Å². The largest absolute Gasteiger partial charge is 0.479 e. The molecular formula is C9H7ClO3S. The lowest BCUT2D eigenvalue weighted by atomic mass is 10.4. The molecule has 0 unspecified atom stereocenters. The zero-order chi connectivity index (χ0) is 10.6. The highest BCUT2D eigenvalue weighted by Gasteiger charge is 2.17. The Morgan fingerprint density at radius 3 is 3.07 bits per heavy atom. The summed E-state index contributed by atoms with van der Waals surface area (Å²) in [5.41, 5.74) is 0. The number of rotatable bonds is 3. The molecule has 0 bridgehead atoms. The van der Waals surface area contributed by atoms with Gasteiger partial charge in [-0.1, -0.05) is 17.5 Å². The number of esters is 1. The minimum atomic E-state index is -0.478. The summed E-state index contributed by atoms with van der Waals surface area (Å²) in [6.45, 7) is 0.0943. The lowest BCUT2D eigenvalue weighted by molar-refractivity contribution is 0.0602. The Labute approximate surface area is 90.6 Å². The zero-order valence-corrected chi connectivity index (χ0v) is 8.95. The Morgan fingerprint density at radius 1 is 1.79 bits per heavy atom. The molecule has 0 aliphatic carbocycles. The predicted octanol–water partition coefficient (Wildman–Crippen LogP) is 2.20. The standard InChI is InChI=1S/C9H7ClO3S/c1-3-4-13-6-5-7(10)14-8(6)9(11)12-2/h1,5H,4H2,2H3.